The van der Waals surface area contributed by atoms with E-state index < -0.39 is 0 Å². The Labute approximate surface area is 174 Å². The van der Waals surface area contributed by atoms with Crippen molar-refractivity contribution < 1.29 is 4.79 Å². The van der Waals surface area contributed by atoms with Crippen molar-refractivity contribution in [2.75, 3.05) is 5.32 Å². The van der Waals surface area contributed by atoms with Crippen LogP contribution in [0.4, 0.5) is 5.69 Å². The van der Waals surface area contributed by atoms with Crippen molar-refractivity contribution in [3.63, 3.8) is 0 Å². The predicted molar refractivity (Wildman–Crippen MR) is 116 cm³/mol. The van der Waals surface area contributed by atoms with E-state index in [-0.39, 0.29) is 11.8 Å². The van der Waals surface area contributed by atoms with Crippen LogP contribution in [-0.2, 0) is 7.05 Å². The molecule has 0 radical (unpaired) electrons. The van der Waals surface area contributed by atoms with Gasteiger partial charge < -0.3 is 5.32 Å². The zero-order valence-corrected chi connectivity index (χ0v) is 17.3. The highest BCUT2D eigenvalue weighted by atomic mass is 16.1. The molecule has 0 spiro atoms. The highest BCUT2D eigenvalue weighted by Gasteiger charge is 2.18. The van der Waals surface area contributed by atoms with Crippen molar-refractivity contribution in [2.45, 2.75) is 26.7 Å². The van der Waals surface area contributed by atoms with Crippen molar-refractivity contribution in [2.24, 2.45) is 7.05 Å². The number of rotatable bonds is 4. The maximum Gasteiger partial charge on any atom is 0.255 e. The largest absolute Gasteiger partial charge is 0.322 e. The van der Waals surface area contributed by atoms with E-state index in [9.17, 15) is 10.1 Å². The number of aromatic nitrogens is 4. The van der Waals surface area contributed by atoms with E-state index >= 15 is 0 Å². The number of nitrogens with one attached hydrogen (secondary N) is 1. The summed E-state index contributed by atoms with van der Waals surface area (Å²) >= 11 is 0. The minimum Gasteiger partial charge on any atom is -0.322 e. The Hall–Kier alpha value is -3.92. The van der Waals surface area contributed by atoms with Crippen LogP contribution in [0, 0.1) is 18.3 Å². The summed E-state index contributed by atoms with van der Waals surface area (Å²) in [6, 6.07) is 13.1. The standard InChI is InChI=1S/C23H22N6O/c1-14(2)22-16(11-24)6-5-7-19(22)23(30)27-18-9-8-17-12-26-29(20(17)10-18)21-13-25-28(4)15(21)3/h5-10,12-14H,1-4H3,(H,27,30). The lowest BCUT2D eigenvalue weighted by Gasteiger charge is -2.14. The molecule has 0 bridgehead atoms. The van der Waals surface area contributed by atoms with Gasteiger partial charge in [0.2, 0.25) is 0 Å². The number of benzene rings is 2. The molecule has 4 aromatic rings. The molecule has 4 rings (SSSR count). The number of hydrogen-bond acceptors (Lipinski definition) is 4. The number of hydrogen-bond donors (Lipinski definition) is 1. The number of nitrogens with zero attached hydrogens (tertiary/aromatic N) is 5. The average molecular weight is 398 g/mol. The van der Waals surface area contributed by atoms with E-state index in [4.69, 9.17) is 0 Å². The number of aryl methyl sites for hydroxylation is 1. The van der Waals surface area contributed by atoms with Gasteiger partial charge in [0.25, 0.3) is 5.91 Å². The maximum atomic E-state index is 13.0. The van der Waals surface area contributed by atoms with Crippen LogP contribution in [-0.4, -0.2) is 25.5 Å². The van der Waals surface area contributed by atoms with Crippen LogP contribution in [0.25, 0.3) is 16.6 Å². The molecule has 0 aliphatic rings. The van der Waals surface area contributed by atoms with Crippen LogP contribution >= 0.6 is 0 Å². The Kier molecular flexibility index (Phi) is 4.84. The van der Waals surface area contributed by atoms with Crippen LogP contribution in [0.2, 0.25) is 0 Å². The van der Waals surface area contributed by atoms with Crippen LogP contribution in [0.15, 0.2) is 48.8 Å². The van der Waals surface area contributed by atoms with Crippen LogP contribution in [0.5, 0.6) is 0 Å². The minimum absolute atomic E-state index is 0.0547. The zero-order chi connectivity index (χ0) is 21.4. The second-order valence-electron chi connectivity index (χ2n) is 7.56. The summed E-state index contributed by atoms with van der Waals surface area (Å²) in [5.74, 6) is -0.183. The normalized spacial score (nSPS) is 11.1. The van der Waals surface area contributed by atoms with Crippen molar-refractivity contribution >= 4 is 22.5 Å². The van der Waals surface area contributed by atoms with Gasteiger partial charge in [0.1, 0.15) is 5.69 Å². The van der Waals surface area contributed by atoms with E-state index in [2.05, 4.69) is 21.6 Å². The fraction of sp³-hybridized carbons (Fsp3) is 0.217. The third kappa shape index (κ3) is 3.22. The summed E-state index contributed by atoms with van der Waals surface area (Å²) in [7, 11) is 1.89. The molecule has 0 aliphatic heterocycles. The first-order valence-corrected chi connectivity index (χ1v) is 9.71. The Morgan fingerprint density at radius 2 is 1.97 bits per heavy atom. The first-order chi connectivity index (χ1) is 14.4. The van der Waals surface area contributed by atoms with Gasteiger partial charge >= 0.3 is 0 Å². The van der Waals surface area contributed by atoms with Crippen molar-refractivity contribution in [3.8, 4) is 11.8 Å². The van der Waals surface area contributed by atoms with Crippen molar-refractivity contribution in [1.82, 2.24) is 19.6 Å². The number of fused-ring (bicyclic) bond motifs is 1. The van der Waals surface area contributed by atoms with E-state index in [1.165, 1.54) is 0 Å². The maximum absolute atomic E-state index is 13.0. The highest BCUT2D eigenvalue weighted by molar-refractivity contribution is 6.06. The van der Waals surface area contributed by atoms with Crippen LogP contribution < -0.4 is 5.32 Å². The van der Waals surface area contributed by atoms with Crippen molar-refractivity contribution in [3.05, 3.63) is 71.2 Å². The molecule has 0 unspecified atom stereocenters. The Morgan fingerprint density at radius 3 is 2.63 bits per heavy atom. The summed E-state index contributed by atoms with van der Waals surface area (Å²) in [6.45, 7) is 5.94. The quantitative estimate of drug-likeness (QED) is 0.555. The molecule has 0 aliphatic carbocycles. The molecule has 7 nitrogen and oxygen atoms in total. The van der Waals surface area contributed by atoms with Crippen molar-refractivity contribution in [1.29, 1.82) is 5.26 Å². The van der Waals surface area contributed by atoms with E-state index in [1.807, 2.05) is 50.7 Å². The summed E-state index contributed by atoms with van der Waals surface area (Å²) < 4.78 is 3.62. The molecule has 30 heavy (non-hydrogen) atoms. The van der Waals surface area contributed by atoms with Gasteiger partial charge in [-0.2, -0.15) is 15.5 Å². The summed E-state index contributed by atoms with van der Waals surface area (Å²) in [4.78, 5) is 13.0. The molecule has 2 heterocycles. The lowest BCUT2D eigenvalue weighted by Crippen LogP contribution is -2.16. The van der Waals surface area contributed by atoms with Gasteiger partial charge in [-0.25, -0.2) is 4.68 Å². The van der Waals surface area contributed by atoms with Crippen LogP contribution in [0.1, 0.15) is 46.9 Å². The SMILES string of the molecule is Cc1c(-n2ncc3ccc(NC(=O)c4cccc(C#N)c4C(C)C)cc32)cnn1C. The number of anilines is 1. The van der Waals surface area contributed by atoms with Gasteiger partial charge in [-0.1, -0.05) is 19.9 Å². The number of amides is 1. The smallest absolute Gasteiger partial charge is 0.255 e. The lowest BCUT2D eigenvalue weighted by molar-refractivity contribution is 0.102. The molecule has 0 saturated carbocycles. The minimum atomic E-state index is -0.237. The zero-order valence-electron chi connectivity index (χ0n) is 17.3. The summed E-state index contributed by atoms with van der Waals surface area (Å²) in [5, 5.41) is 22.1. The van der Waals surface area contributed by atoms with Gasteiger partial charge in [0, 0.05) is 23.7 Å². The van der Waals surface area contributed by atoms with E-state index in [0.29, 0.717) is 16.8 Å². The van der Waals surface area contributed by atoms with Gasteiger partial charge in [-0.05, 0) is 48.7 Å². The summed E-state index contributed by atoms with van der Waals surface area (Å²) in [6.07, 6.45) is 3.57. The molecule has 0 atom stereocenters. The molecular weight excluding hydrogens is 376 g/mol. The highest BCUT2D eigenvalue weighted by Crippen LogP contribution is 2.26. The molecular formula is C23H22N6O. The van der Waals surface area contributed by atoms with E-state index in [0.717, 1.165) is 27.8 Å². The fourth-order valence-electron chi connectivity index (χ4n) is 3.66. The number of carbonyl (C=O) groups excluding carboxylic acids is 1. The Balaban J connectivity index is 1.72. The molecule has 7 heteroatoms. The second-order valence-corrected chi connectivity index (χ2v) is 7.56. The first kappa shape index (κ1) is 19.4. The van der Waals surface area contributed by atoms with Gasteiger partial charge in [-0.3, -0.25) is 9.48 Å². The average Bonchev–Trinajstić information content (AvgIpc) is 3.29. The fourth-order valence-corrected chi connectivity index (χ4v) is 3.66. The molecule has 2 aromatic heterocycles. The molecule has 1 amide bonds. The molecule has 2 aromatic carbocycles. The third-order valence-corrected chi connectivity index (χ3v) is 5.31. The van der Waals surface area contributed by atoms with Gasteiger partial charge in [0.05, 0.1) is 35.2 Å². The predicted octanol–water partition coefficient (Wildman–Crippen LogP) is 4.31. The molecule has 0 fully saturated rings. The number of nitriles is 1. The lowest BCUT2D eigenvalue weighted by atomic mass is 9.92. The van der Waals surface area contributed by atoms with Gasteiger partial charge in [-0.15, -0.1) is 0 Å². The summed E-state index contributed by atoms with van der Waals surface area (Å²) in [5.41, 5.74) is 5.21. The number of carbonyl (C=O) groups is 1. The first-order valence-electron chi connectivity index (χ1n) is 9.71. The monoisotopic (exact) mass is 398 g/mol. The molecule has 0 saturated heterocycles. The Bertz CT molecular complexity index is 1310. The van der Waals surface area contributed by atoms with Gasteiger partial charge in [0.15, 0.2) is 0 Å². The molecule has 1 N–H and O–H groups in total. The third-order valence-electron chi connectivity index (χ3n) is 5.31. The Morgan fingerprint density at radius 1 is 1.17 bits per heavy atom. The second kappa shape index (κ2) is 7.48. The molecule has 150 valence electrons. The van der Waals surface area contributed by atoms with Crippen LogP contribution in [0.3, 0.4) is 0 Å². The van der Waals surface area contributed by atoms with E-state index in [1.54, 1.807) is 35.3 Å². The topological polar surface area (TPSA) is 88.5 Å².